The number of nitrogens with zero attached hydrogens (tertiary/aromatic N) is 2. The summed E-state index contributed by atoms with van der Waals surface area (Å²) >= 11 is 12.6. The van der Waals surface area contributed by atoms with Crippen LogP contribution in [0.3, 0.4) is 0 Å². The zero-order chi connectivity index (χ0) is 22.2. The first-order chi connectivity index (χ1) is 15.0. The van der Waals surface area contributed by atoms with Crippen molar-refractivity contribution in [2.24, 2.45) is 0 Å². The summed E-state index contributed by atoms with van der Waals surface area (Å²) in [6.45, 7) is 1.58. The third kappa shape index (κ3) is 6.00. The van der Waals surface area contributed by atoms with Crippen molar-refractivity contribution in [3.63, 3.8) is 0 Å². The largest absolute Gasteiger partial charge is 0.493 e. The quantitative estimate of drug-likeness (QED) is 0.390. The van der Waals surface area contributed by atoms with Crippen LogP contribution in [0.15, 0.2) is 41.0 Å². The standard InChI is InChI=1S/C20H21Cl2N5O4/c1-29-16-8-13(10-24-6-7-25-20(28)18-19(23)27-31-26-18)15(22)9-17(16)30-11-12-4-2-3-5-14(12)21/h2-5,8-9,24H,6-7,10-11H2,1H3,(H2,23,27)(H,25,28). The number of carbonyl (C=O) groups is 1. The monoisotopic (exact) mass is 465 g/mol. The van der Waals surface area contributed by atoms with E-state index in [-0.39, 0.29) is 18.1 Å². The van der Waals surface area contributed by atoms with E-state index < -0.39 is 5.91 Å². The molecule has 0 radical (unpaired) electrons. The average Bonchev–Trinajstić information content (AvgIpc) is 3.19. The highest BCUT2D eigenvalue weighted by Crippen LogP contribution is 2.34. The van der Waals surface area contributed by atoms with Crippen molar-refractivity contribution in [3.05, 3.63) is 63.3 Å². The molecule has 0 saturated carbocycles. The highest BCUT2D eigenvalue weighted by molar-refractivity contribution is 6.31. The van der Waals surface area contributed by atoms with E-state index in [0.717, 1.165) is 11.1 Å². The number of hydrogen-bond donors (Lipinski definition) is 3. The first-order valence-electron chi connectivity index (χ1n) is 9.29. The molecule has 1 amide bonds. The molecule has 0 bridgehead atoms. The molecule has 0 fully saturated rings. The molecule has 9 nitrogen and oxygen atoms in total. The third-order valence-corrected chi connectivity index (χ3v) is 5.03. The lowest BCUT2D eigenvalue weighted by molar-refractivity contribution is 0.0944. The average molecular weight is 466 g/mol. The smallest absolute Gasteiger partial charge is 0.277 e. The van der Waals surface area contributed by atoms with Crippen LogP contribution < -0.4 is 25.8 Å². The molecule has 11 heteroatoms. The summed E-state index contributed by atoms with van der Waals surface area (Å²) in [5.41, 5.74) is 7.12. The molecule has 0 spiro atoms. The van der Waals surface area contributed by atoms with Crippen LogP contribution in [0, 0.1) is 0 Å². The molecule has 31 heavy (non-hydrogen) atoms. The third-order valence-electron chi connectivity index (χ3n) is 4.31. The van der Waals surface area contributed by atoms with Gasteiger partial charge in [0.1, 0.15) is 6.61 Å². The predicted octanol–water partition coefficient (Wildman–Crippen LogP) is 3.07. The first kappa shape index (κ1) is 22.7. The van der Waals surface area contributed by atoms with Gasteiger partial charge < -0.3 is 25.8 Å². The molecule has 0 aliphatic rings. The van der Waals surface area contributed by atoms with Gasteiger partial charge >= 0.3 is 0 Å². The van der Waals surface area contributed by atoms with Gasteiger partial charge in [-0.1, -0.05) is 41.4 Å². The van der Waals surface area contributed by atoms with Crippen LogP contribution in [0.25, 0.3) is 0 Å². The van der Waals surface area contributed by atoms with Crippen molar-refractivity contribution in [1.82, 2.24) is 20.9 Å². The summed E-state index contributed by atoms with van der Waals surface area (Å²) < 4.78 is 15.7. The number of rotatable bonds is 10. The molecule has 1 aromatic heterocycles. The Hall–Kier alpha value is -3.01. The number of benzene rings is 2. The van der Waals surface area contributed by atoms with Gasteiger partial charge in [0, 0.05) is 41.3 Å². The summed E-state index contributed by atoms with van der Waals surface area (Å²) in [7, 11) is 1.56. The molecular weight excluding hydrogens is 445 g/mol. The maximum atomic E-state index is 11.9. The lowest BCUT2D eigenvalue weighted by Crippen LogP contribution is -2.32. The first-order valence-corrected chi connectivity index (χ1v) is 10.0. The zero-order valence-electron chi connectivity index (χ0n) is 16.7. The normalized spacial score (nSPS) is 10.7. The minimum absolute atomic E-state index is 0.0415. The molecule has 164 valence electrons. The van der Waals surface area contributed by atoms with Crippen LogP contribution in [-0.2, 0) is 13.2 Å². The van der Waals surface area contributed by atoms with E-state index in [2.05, 4.69) is 25.6 Å². The number of hydrogen-bond acceptors (Lipinski definition) is 8. The van der Waals surface area contributed by atoms with E-state index in [1.54, 1.807) is 25.3 Å². The molecule has 4 N–H and O–H groups in total. The van der Waals surface area contributed by atoms with Crippen molar-refractivity contribution < 1.29 is 18.9 Å². The van der Waals surface area contributed by atoms with Gasteiger partial charge in [0.05, 0.1) is 7.11 Å². The fourth-order valence-electron chi connectivity index (χ4n) is 2.68. The van der Waals surface area contributed by atoms with Gasteiger partial charge in [-0.25, -0.2) is 4.63 Å². The summed E-state index contributed by atoms with van der Waals surface area (Å²) in [5, 5.41) is 13.8. The molecule has 1 heterocycles. The number of methoxy groups -OCH3 is 1. The van der Waals surface area contributed by atoms with Crippen molar-refractivity contribution in [1.29, 1.82) is 0 Å². The van der Waals surface area contributed by atoms with Crippen LogP contribution in [0.1, 0.15) is 21.6 Å². The summed E-state index contributed by atoms with van der Waals surface area (Å²) in [6.07, 6.45) is 0. The number of carbonyl (C=O) groups excluding carboxylic acids is 1. The fourth-order valence-corrected chi connectivity index (χ4v) is 3.09. The van der Waals surface area contributed by atoms with Crippen molar-refractivity contribution in [3.8, 4) is 11.5 Å². The maximum absolute atomic E-state index is 11.9. The van der Waals surface area contributed by atoms with Gasteiger partial charge in [0.15, 0.2) is 11.5 Å². The number of anilines is 1. The van der Waals surface area contributed by atoms with Crippen molar-refractivity contribution in [2.45, 2.75) is 13.2 Å². The van der Waals surface area contributed by atoms with Gasteiger partial charge in [-0.05, 0) is 28.0 Å². The number of halogens is 2. The molecule has 0 aliphatic heterocycles. The minimum atomic E-state index is -0.458. The van der Waals surface area contributed by atoms with E-state index in [4.69, 9.17) is 38.4 Å². The topological polar surface area (TPSA) is 125 Å². The second-order valence-electron chi connectivity index (χ2n) is 6.41. The molecule has 3 rings (SSSR count). The Labute approximate surface area is 188 Å². The number of nitrogens with one attached hydrogen (secondary N) is 2. The van der Waals surface area contributed by atoms with Crippen LogP contribution in [0.2, 0.25) is 10.0 Å². The number of ether oxygens (including phenoxy) is 2. The Balaban J connectivity index is 1.51. The highest BCUT2D eigenvalue weighted by Gasteiger charge is 2.15. The van der Waals surface area contributed by atoms with Crippen LogP contribution >= 0.6 is 23.2 Å². The van der Waals surface area contributed by atoms with Crippen molar-refractivity contribution in [2.75, 3.05) is 25.9 Å². The Morgan fingerprint density at radius 2 is 1.90 bits per heavy atom. The van der Waals surface area contributed by atoms with Crippen molar-refractivity contribution >= 4 is 34.9 Å². The maximum Gasteiger partial charge on any atom is 0.277 e. The zero-order valence-corrected chi connectivity index (χ0v) is 18.2. The molecule has 0 aliphatic carbocycles. The molecule has 0 unspecified atom stereocenters. The van der Waals surface area contributed by atoms with E-state index in [0.29, 0.717) is 41.2 Å². The molecular formula is C20H21Cl2N5O4. The van der Waals surface area contributed by atoms with E-state index in [1.165, 1.54) is 0 Å². The molecule has 3 aromatic rings. The lowest BCUT2D eigenvalue weighted by Gasteiger charge is -2.15. The van der Waals surface area contributed by atoms with Gasteiger partial charge in [-0.3, -0.25) is 4.79 Å². The van der Waals surface area contributed by atoms with E-state index in [1.807, 2.05) is 18.2 Å². The Morgan fingerprint density at radius 1 is 1.10 bits per heavy atom. The van der Waals surface area contributed by atoms with Gasteiger partial charge in [-0.2, -0.15) is 0 Å². The number of nitrogens with two attached hydrogens (primary N) is 1. The van der Waals surface area contributed by atoms with E-state index >= 15 is 0 Å². The number of nitrogen functional groups attached to an aromatic ring is 1. The molecule has 2 aromatic carbocycles. The highest BCUT2D eigenvalue weighted by atomic mass is 35.5. The van der Waals surface area contributed by atoms with Gasteiger partial charge in [-0.15, -0.1) is 0 Å². The Kier molecular flexibility index (Phi) is 7.94. The van der Waals surface area contributed by atoms with Crippen LogP contribution in [0.4, 0.5) is 5.82 Å². The predicted molar refractivity (Wildman–Crippen MR) is 117 cm³/mol. The Morgan fingerprint density at radius 3 is 2.61 bits per heavy atom. The number of amides is 1. The van der Waals surface area contributed by atoms with E-state index in [9.17, 15) is 4.79 Å². The second kappa shape index (κ2) is 10.9. The van der Waals surface area contributed by atoms with Crippen LogP contribution in [0.5, 0.6) is 11.5 Å². The molecule has 0 saturated heterocycles. The summed E-state index contributed by atoms with van der Waals surface area (Å²) in [5.74, 6) is 0.555. The minimum Gasteiger partial charge on any atom is -0.493 e. The lowest BCUT2D eigenvalue weighted by atomic mass is 10.2. The SMILES string of the molecule is COc1cc(CNCCNC(=O)c2nonc2N)c(Cl)cc1OCc1ccccc1Cl. The fraction of sp³-hybridized carbons (Fsp3) is 0.250. The summed E-state index contributed by atoms with van der Waals surface area (Å²) in [6, 6.07) is 11.0. The van der Waals surface area contributed by atoms with Crippen LogP contribution in [-0.4, -0.2) is 36.4 Å². The molecule has 0 atom stereocenters. The summed E-state index contributed by atoms with van der Waals surface area (Å²) in [4.78, 5) is 11.9. The Bertz CT molecular complexity index is 1040. The number of aromatic nitrogens is 2. The van der Waals surface area contributed by atoms with Gasteiger partial charge in [0.2, 0.25) is 11.5 Å². The second-order valence-corrected chi connectivity index (χ2v) is 7.22. The van der Waals surface area contributed by atoms with Gasteiger partial charge in [0.25, 0.3) is 5.91 Å².